The summed E-state index contributed by atoms with van der Waals surface area (Å²) in [4.78, 5) is 10.4. The Morgan fingerprint density at radius 3 is 2.18 bits per heavy atom. The fourth-order valence-electron chi connectivity index (χ4n) is 1.15. The maximum absolute atomic E-state index is 11.8. The van der Waals surface area contributed by atoms with Gasteiger partial charge in [-0.05, 0) is 23.8 Å². The Morgan fingerprint density at radius 2 is 1.76 bits per heavy atom. The highest BCUT2D eigenvalue weighted by atomic mass is 35.5. The summed E-state index contributed by atoms with van der Waals surface area (Å²) < 4.78 is 24.7. The Labute approximate surface area is 106 Å². The van der Waals surface area contributed by atoms with Gasteiger partial charge in [0, 0.05) is 14.1 Å². The molecular formula is C11H12ClNO3S. The van der Waals surface area contributed by atoms with Crippen LogP contribution in [0.4, 0.5) is 0 Å². The molecular weight excluding hydrogens is 262 g/mol. The van der Waals surface area contributed by atoms with E-state index in [0.29, 0.717) is 11.8 Å². The number of hydrogen-bond acceptors (Lipinski definition) is 3. The minimum Gasteiger partial charge on any atom is -0.299 e. The van der Waals surface area contributed by atoms with Crippen molar-refractivity contribution in [3.8, 4) is 0 Å². The van der Waals surface area contributed by atoms with Crippen LogP contribution in [0.25, 0.3) is 5.03 Å². The number of allylic oxidation sites excluding steroid dienone is 1. The zero-order valence-corrected chi connectivity index (χ0v) is 11.0. The summed E-state index contributed by atoms with van der Waals surface area (Å²) >= 11 is 5.81. The first-order valence-electron chi connectivity index (χ1n) is 4.73. The third-order valence-electron chi connectivity index (χ3n) is 2.12. The van der Waals surface area contributed by atoms with E-state index in [9.17, 15) is 13.2 Å². The molecule has 1 aromatic carbocycles. The number of carbonyl (C=O) groups excluding carboxylic acids is 1. The van der Waals surface area contributed by atoms with E-state index in [1.54, 1.807) is 12.1 Å². The Kier molecular flexibility index (Phi) is 4.45. The standard InChI is InChI=1S/C11H12ClNO3S/c1-13(2)17(15,16)10-5-3-9(4-6-10)11(12)7-8-14/h3-8H,1-2H3/b11-7-. The molecule has 1 aromatic rings. The van der Waals surface area contributed by atoms with Gasteiger partial charge >= 0.3 is 0 Å². The normalized spacial score (nSPS) is 12.8. The molecule has 0 radical (unpaired) electrons. The molecule has 17 heavy (non-hydrogen) atoms. The molecule has 1 rings (SSSR count). The van der Waals surface area contributed by atoms with Crippen molar-refractivity contribution in [2.24, 2.45) is 0 Å². The lowest BCUT2D eigenvalue weighted by molar-refractivity contribution is -0.104. The molecule has 4 nitrogen and oxygen atoms in total. The molecule has 0 atom stereocenters. The number of hydrogen-bond donors (Lipinski definition) is 0. The van der Waals surface area contributed by atoms with E-state index in [-0.39, 0.29) is 9.93 Å². The Balaban J connectivity index is 3.13. The molecule has 6 heteroatoms. The number of rotatable bonds is 4. The quantitative estimate of drug-likeness (QED) is 0.620. The van der Waals surface area contributed by atoms with Gasteiger partial charge in [0.2, 0.25) is 10.0 Å². The number of sulfonamides is 1. The van der Waals surface area contributed by atoms with Crippen molar-refractivity contribution in [2.75, 3.05) is 14.1 Å². The fraction of sp³-hybridized carbons (Fsp3) is 0.182. The second-order valence-corrected chi connectivity index (χ2v) is 6.02. The van der Waals surface area contributed by atoms with Crippen molar-refractivity contribution in [1.82, 2.24) is 4.31 Å². The Morgan fingerprint density at radius 1 is 1.24 bits per heavy atom. The second-order valence-electron chi connectivity index (χ2n) is 3.46. The minimum absolute atomic E-state index is 0.182. The highest BCUT2D eigenvalue weighted by molar-refractivity contribution is 7.89. The van der Waals surface area contributed by atoms with Crippen molar-refractivity contribution in [1.29, 1.82) is 0 Å². The number of aldehydes is 1. The minimum atomic E-state index is -3.43. The van der Waals surface area contributed by atoms with Crippen LogP contribution in [0.3, 0.4) is 0 Å². The third-order valence-corrected chi connectivity index (χ3v) is 4.30. The summed E-state index contributed by atoms with van der Waals surface area (Å²) in [5, 5.41) is 0.272. The van der Waals surface area contributed by atoms with Gasteiger partial charge in [0.15, 0.2) is 0 Å². The Hall–Kier alpha value is -1.17. The second kappa shape index (κ2) is 5.44. The van der Waals surface area contributed by atoms with E-state index in [1.165, 1.54) is 32.3 Å². The molecule has 0 fully saturated rings. The monoisotopic (exact) mass is 273 g/mol. The topological polar surface area (TPSA) is 54.5 Å². The summed E-state index contributed by atoms with van der Waals surface area (Å²) in [6.45, 7) is 0. The highest BCUT2D eigenvalue weighted by Gasteiger charge is 2.16. The van der Waals surface area contributed by atoms with Gasteiger partial charge < -0.3 is 0 Å². The Bertz CT molecular complexity index is 532. The van der Waals surface area contributed by atoms with Crippen molar-refractivity contribution < 1.29 is 13.2 Å². The van der Waals surface area contributed by atoms with E-state index in [1.807, 2.05) is 0 Å². The van der Waals surface area contributed by atoms with Crippen LogP contribution in [0.15, 0.2) is 35.2 Å². The zero-order chi connectivity index (χ0) is 13.1. The lowest BCUT2D eigenvalue weighted by atomic mass is 10.2. The third kappa shape index (κ3) is 3.15. The smallest absolute Gasteiger partial charge is 0.242 e. The summed E-state index contributed by atoms with van der Waals surface area (Å²) in [7, 11) is -0.509. The summed E-state index contributed by atoms with van der Waals surface area (Å²) in [6.07, 6.45) is 1.78. The van der Waals surface area contributed by atoms with E-state index < -0.39 is 10.0 Å². The molecule has 92 valence electrons. The lowest BCUT2D eigenvalue weighted by Gasteiger charge is -2.11. The van der Waals surface area contributed by atoms with Crippen LogP contribution in [0.2, 0.25) is 0 Å². The van der Waals surface area contributed by atoms with Gasteiger partial charge in [-0.2, -0.15) is 0 Å². The zero-order valence-electron chi connectivity index (χ0n) is 9.42. The molecule has 0 bridgehead atoms. The number of halogens is 1. The van der Waals surface area contributed by atoms with Crippen molar-refractivity contribution in [3.05, 3.63) is 35.9 Å². The first kappa shape index (κ1) is 13.9. The van der Waals surface area contributed by atoms with Crippen LogP contribution in [0.5, 0.6) is 0 Å². The molecule has 0 N–H and O–H groups in total. The van der Waals surface area contributed by atoms with Crippen molar-refractivity contribution in [3.63, 3.8) is 0 Å². The van der Waals surface area contributed by atoms with E-state index in [4.69, 9.17) is 11.6 Å². The van der Waals surface area contributed by atoms with Gasteiger partial charge in [-0.1, -0.05) is 23.7 Å². The first-order chi connectivity index (χ1) is 7.89. The van der Waals surface area contributed by atoms with E-state index in [0.717, 1.165) is 4.31 Å². The maximum Gasteiger partial charge on any atom is 0.242 e. The summed E-state index contributed by atoms with van der Waals surface area (Å²) in [5.74, 6) is 0. The van der Waals surface area contributed by atoms with Crippen molar-refractivity contribution >= 4 is 32.9 Å². The van der Waals surface area contributed by atoms with Gasteiger partial charge in [-0.3, -0.25) is 4.79 Å². The van der Waals surface area contributed by atoms with Gasteiger partial charge in [0.05, 0.1) is 9.93 Å². The fourth-order valence-corrected chi connectivity index (χ4v) is 2.23. The predicted molar refractivity (Wildman–Crippen MR) is 67.2 cm³/mol. The molecule has 0 aliphatic carbocycles. The number of benzene rings is 1. The molecule has 0 aliphatic rings. The van der Waals surface area contributed by atoms with E-state index >= 15 is 0 Å². The molecule has 0 amide bonds. The van der Waals surface area contributed by atoms with Gasteiger partial charge in [0.25, 0.3) is 0 Å². The van der Waals surface area contributed by atoms with Crippen LogP contribution < -0.4 is 0 Å². The SMILES string of the molecule is CN(C)S(=O)(=O)c1ccc(/C(Cl)=C/C=O)cc1. The van der Waals surface area contributed by atoms with E-state index in [2.05, 4.69) is 0 Å². The van der Waals surface area contributed by atoms with Crippen LogP contribution in [0, 0.1) is 0 Å². The van der Waals surface area contributed by atoms with Crippen LogP contribution >= 0.6 is 11.6 Å². The summed E-state index contributed by atoms with van der Waals surface area (Å²) in [5.41, 5.74) is 0.594. The number of carbonyl (C=O) groups is 1. The molecule has 0 saturated heterocycles. The van der Waals surface area contributed by atoms with Crippen LogP contribution in [0.1, 0.15) is 5.56 Å². The summed E-state index contributed by atoms with van der Waals surface area (Å²) in [6, 6.07) is 6.01. The molecule has 0 spiro atoms. The van der Waals surface area contributed by atoms with Gasteiger partial charge in [-0.25, -0.2) is 12.7 Å². The molecule has 0 saturated carbocycles. The van der Waals surface area contributed by atoms with Crippen molar-refractivity contribution in [2.45, 2.75) is 4.90 Å². The molecule has 0 heterocycles. The first-order valence-corrected chi connectivity index (χ1v) is 6.55. The van der Waals surface area contributed by atoms with Gasteiger partial charge in [-0.15, -0.1) is 0 Å². The predicted octanol–water partition coefficient (Wildman–Crippen LogP) is 1.72. The lowest BCUT2D eigenvalue weighted by Crippen LogP contribution is -2.22. The molecule has 0 unspecified atom stereocenters. The molecule has 0 aromatic heterocycles. The van der Waals surface area contributed by atoms with Gasteiger partial charge in [0.1, 0.15) is 6.29 Å². The average molecular weight is 274 g/mol. The maximum atomic E-state index is 11.8. The molecule has 0 aliphatic heterocycles. The number of nitrogens with zero attached hydrogens (tertiary/aromatic N) is 1. The largest absolute Gasteiger partial charge is 0.299 e. The van der Waals surface area contributed by atoms with Crippen LogP contribution in [-0.4, -0.2) is 33.1 Å². The van der Waals surface area contributed by atoms with Crippen LogP contribution in [-0.2, 0) is 14.8 Å². The average Bonchev–Trinajstić information content (AvgIpc) is 2.29. The highest BCUT2D eigenvalue weighted by Crippen LogP contribution is 2.21.